The highest BCUT2D eigenvalue weighted by Gasteiger charge is 2.28. The van der Waals surface area contributed by atoms with Gasteiger partial charge in [0, 0.05) is 20.2 Å². The quantitative estimate of drug-likeness (QED) is 0.854. The Bertz CT molecular complexity index is 639. The van der Waals surface area contributed by atoms with Crippen LogP contribution in [0.15, 0.2) is 24.3 Å². The van der Waals surface area contributed by atoms with E-state index in [2.05, 4.69) is 17.2 Å². The van der Waals surface area contributed by atoms with E-state index >= 15 is 0 Å². The smallest absolute Gasteiger partial charge is 0.244 e. The lowest BCUT2D eigenvalue weighted by molar-refractivity contribution is -0.136. The average molecular weight is 288 g/mol. The van der Waals surface area contributed by atoms with Crippen molar-refractivity contribution in [3.05, 3.63) is 24.3 Å². The number of fused-ring (bicyclic) bond motifs is 1. The zero-order valence-electron chi connectivity index (χ0n) is 12.4. The number of hydrogen-bond acceptors (Lipinski definition) is 4. The van der Waals surface area contributed by atoms with Crippen molar-refractivity contribution in [1.82, 2.24) is 19.9 Å². The topological polar surface area (TPSA) is 60.2 Å². The minimum Gasteiger partial charge on any atom is -0.381 e. The van der Waals surface area contributed by atoms with Gasteiger partial charge in [-0.1, -0.05) is 24.3 Å². The molecule has 1 aliphatic rings. The molecule has 1 aromatic heterocycles. The van der Waals surface area contributed by atoms with Crippen LogP contribution in [-0.2, 0) is 16.1 Å². The van der Waals surface area contributed by atoms with Crippen molar-refractivity contribution < 1.29 is 9.53 Å². The van der Waals surface area contributed by atoms with Gasteiger partial charge in [-0.2, -0.15) is 0 Å². The first-order valence-electron chi connectivity index (χ1n) is 7.28. The van der Waals surface area contributed by atoms with E-state index in [0.29, 0.717) is 5.92 Å². The van der Waals surface area contributed by atoms with E-state index in [1.54, 1.807) is 11.8 Å². The summed E-state index contributed by atoms with van der Waals surface area (Å²) in [5, 5.41) is 8.15. The van der Waals surface area contributed by atoms with E-state index < -0.39 is 0 Å². The third kappa shape index (κ3) is 2.76. The molecule has 1 aromatic carbocycles. The number of likely N-dealkylation sites (tertiary alicyclic amines) is 1. The molecular weight excluding hydrogens is 268 g/mol. The maximum Gasteiger partial charge on any atom is 0.244 e. The maximum absolute atomic E-state index is 12.4. The van der Waals surface area contributed by atoms with Crippen LogP contribution in [0.3, 0.4) is 0 Å². The maximum atomic E-state index is 12.4. The van der Waals surface area contributed by atoms with Crippen LogP contribution in [0, 0.1) is 5.92 Å². The number of ether oxygens (including phenoxy) is 1. The minimum absolute atomic E-state index is 0.0899. The molecule has 0 radical (unpaired) electrons. The Balaban J connectivity index is 1.69. The Morgan fingerprint density at radius 1 is 1.43 bits per heavy atom. The molecule has 112 valence electrons. The summed E-state index contributed by atoms with van der Waals surface area (Å²) >= 11 is 0. The number of benzene rings is 1. The zero-order valence-corrected chi connectivity index (χ0v) is 12.4. The Morgan fingerprint density at radius 3 is 3.00 bits per heavy atom. The predicted molar refractivity (Wildman–Crippen MR) is 78.7 cm³/mol. The summed E-state index contributed by atoms with van der Waals surface area (Å²) in [6.07, 6.45) is 1.14. The van der Waals surface area contributed by atoms with Gasteiger partial charge >= 0.3 is 0 Å². The largest absolute Gasteiger partial charge is 0.381 e. The fourth-order valence-electron chi connectivity index (χ4n) is 2.96. The second-order valence-electron chi connectivity index (χ2n) is 5.62. The number of carbonyl (C=O) groups excluding carboxylic acids is 1. The number of methoxy groups -OCH3 is 1. The van der Waals surface area contributed by atoms with E-state index in [1.165, 1.54) is 0 Å². The number of piperidine rings is 1. The molecule has 1 amide bonds. The van der Waals surface area contributed by atoms with Crippen molar-refractivity contribution >= 4 is 16.9 Å². The van der Waals surface area contributed by atoms with Crippen LogP contribution >= 0.6 is 0 Å². The molecule has 2 unspecified atom stereocenters. The van der Waals surface area contributed by atoms with Gasteiger partial charge in [0.15, 0.2) is 0 Å². The van der Waals surface area contributed by atoms with E-state index in [0.717, 1.165) is 30.5 Å². The molecule has 1 aliphatic heterocycles. The molecule has 6 heteroatoms. The Morgan fingerprint density at radius 2 is 2.24 bits per heavy atom. The lowest BCUT2D eigenvalue weighted by atomic mass is 9.96. The first-order chi connectivity index (χ1) is 10.2. The molecule has 3 rings (SSSR count). The molecule has 0 bridgehead atoms. The van der Waals surface area contributed by atoms with Crippen LogP contribution in [0.5, 0.6) is 0 Å². The number of nitrogens with zero attached hydrogens (tertiary/aromatic N) is 4. The van der Waals surface area contributed by atoms with Gasteiger partial charge in [-0.3, -0.25) is 4.79 Å². The summed E-state index contributed by atoms with van der Waals surface area (Å²) in [4.78, 5) is 14.3. The van der Waals surface area contributed by atoms with Gasteiger partial charge in [0.2, 0.25) is 5.91 Å². The van der Waals surface area contributed by atoms with Gasteiger partial charge in [0.25, 0.3) is 0 Å². The number of hydrogen-bond donors (Lipinski definition) is 0. The first kappa shape index (κ1) is 14.0. The van der Waals surface area contributed by atoms with E-state index in [9.17, 15) is 4.79 Å². The van der Waals surface area contributed by atoms with Crippen molar-refractivity contribution in [2.45, 2.75) is 26.0 Å². The van der Waals surface area contributed by atoms with Crippen molar-refractivity contribution in [2.24, 2.45) is 5.92 Å². The van der Waals surface area contributed by atoms with Crippen molar-refractivity contribution in [1.29, 1.82) is 0 Å². The molecule has 1 saturated heterocycles. The van der Waals surface area contributed by atoms with E-state index in [1.807, 2.05) is 29.2 Å². The lowest BCUT2D eigenvalue weighted by Crippen LogP contribution is -2.46. The highest BCUT2D eigenvalue weighted by molar-refractivity contribution is 5.79. The van der Waals surface area contributed by atoms with Gasteiger partial charge in [-0.05, 0) is 24.5 Å². The van der Waals surface area contributed by atoms with Crippen LogP contribution in [0.25, 0.3) is 11.0 Å². The van der Waals surface area contributed by atoms with Gasteiger partial charge < -0.3 is 9.64 Å². The minimum atomic E-state index is 0.0899. The summed E-state index contributed by atoms with van der Waals surface area (Å²) < 4.78 is 7.10. The molecule has 2 aromatic rings. The van der Waals surface area contributed by atoms with Crippen molar-refractivity contribution in [3.8, 4) is 0 Å². The summed E-state index contributed by atoms with van der Waals surface area (Å²) in [5.74, 6) is 0.451. The molecule has 2 atom stereocenters. The molecule has 0 aliphatic carbocycles. The van der Waals surface area contributed by atoms with Gasteiger partial charge in [-0.15, -0.1) is 5.10 Å². The normalized spacial score (nSPS) is 22.7. The number of carbonyl (C=O) groups is 1. The third-order valence-corrected chi connectivity index (χ3v) is 4.19. The summed E-state index contributed by atoms with van der Waals surface area (Å²) in [6, 6.07) is 7.68. The van der Waals surface area contributed by atoms with Crippen LogP contribution in [-0.4, -0.2) is 52.1 Å². The first-order valence-corrected chi connectivity index (χ1v) is 7.28. The van der Waals surface area contributed by atoms with Crippen LogP contribution in [0.4, 0.5) is 0 Å². The summed E-state index contributed by atoms with van der Waals surface area (Å²) in [5.41, 5.74) is 1.71. The standard InChI is InChI=1S/C15H20N4O2/c1-11-9-18(8-7-14(11)21-2)15(20)10-19-13-6-4-3-5-12(13)16-17-19/h3-6,11,14H,7-10H2,1-2H3. The SMILES string of the molecule is COC1CCN(C(=O)Cn2nnc3ccccc32)CC1C. The van der Waals surface area contributed by atoms with Gasteiger partial charge in [-0.25, -0.2) is 4.68 Å². The van der Waals surface area contributed by atoms with Gasteiger partial charge in [0.1, 0.15) is 12.1 Å². The van der Waals surface area contributed by atoms with E-state index in [-0.39, 0.29) is 18.6 Å². The number of rotatable bonds is 3. The number of amides is 1. The Hall–Kier alpha value is -1.95. The molecular formula is C15H20N4O2. The molecule has 0 spiro atoms. The molecule has 2 heterocycles. The van der Waals surface area contributed by atoms with Crippen molar-refractivity contribution in [2.75, 3.05) is 20.2 Å². The molecule has 0 saturated carbocycles. The highest BCUT2D eigenvalue weighted by Crippen LogP contribution is 2.19. The van der Waals surface area contributed by atoms with Crippen LogP contribution in [0.1, 0.15) is 13.3 Å². The number of aromatic nitrogens is 3. The molecule has 6 nitrogen and oxygen atoms in total. The molecule has 1 fully saturated rings. The second-order valence-corrected chi connectivity index (χ2v) is 5.62. The molecule has 0 N–H and O–H groups in total. The van der Waals surface area contributed by atoms with Gasteiger partial charge in [0.05, 0.1) is 11.6 Å². The summed E-state index contributed by atoms with van der Waals surface area (Å²) in [6.45, 7) is 3.85. The van der Waals surface area contributed by atoms with E-state index in [4.69, 9.17) is 4.74 Å². The average Bonchev–Trinajstić information content (AvgIpc) is 2.90. The van der Waals surface area contributed by atoms with Crippen LogP contribution < -0.4 is 0 Å². The van der Waals surface area contributed by atoms with Crippen LogP contribution in [0.2, 0.25) is 0 Å². The van der Waals surface area contributed by atoms with Crippen molar-refractivity contribution in [3.63, 3.8) is 0 Å². The monoisotopic (exact) mass is 288 g/mol. The molecule has 21 heavy (non-hydrogen) atoms. The Kier molecular flexibility index (Phi) is 3.88. The Labute approximate surface area is 123 Å². The zero-order chi connectivity index (χ0) is 14.8. The fraction of sp³-hybridized carbons (Fsp3) is 0.533. The summed E-state index contributed by atoms with van der Waals surface area (Å²) in [7, 11) is 1.74. The third-order valence-electron chi connectivity index (χ3n) is 4.19. The predicted octanol–water partition coefficient (Wildman–Crippen LogP) is 1.31. The number of para-hydroxylation sites is 1. The highest BCUT2D eigenvalue weighted by atomic mass is 16.5. The lowest BCUT2D eigenvalue weighted by Gasteiger charge is -2.36. The fourth-order valence-corrected chi connectivity index (χ4v) is 2.96. The second kappa shape index (κ2) is 5.81.